The van der Waals surface area contributed by atoms with E-state index in [1.807, 2.05) is 0 Å². The van der Waals surface area contributed by atoms with E-state index in [0.29, 0.717) is 0 Å². The molecule has 0 saturated heterocycles. The Morgan fingerprint density at radius 2 is 2.33 bits per heavy atom. The zero-order chi connectivity index (χ0) is 8.97. The number of hydrogen-bond acceptors (Lipinski definition) is 5. The Morgan fingerprint density at radius 3 is 2.75 bits per heavy atom. The van der Waals surface area contributed by atoms with Gasteiger partial charge in [-0.15, -0.1) is 0 Å². The van der Waals surface area contributed by atoms with Crippen molar-refractivity contribution >= 4 is 12.2 Å². The van der Waals surface area contributed by atoms with E-state index in [-0.39, 0.29) is 18.0 Å². The molecule has 0 bridgehead atoms. The van der Waals surface area contributed by atoms with Gasteiger partial charge in [0.25, 0.3) is 12.2 Å². The van der Waals surface area contributed by atoms with E-state index in [0.717, 1.165) is 6.20 Å². The zero-order valence-corrected chi connectivity index (χ0v) is 5.84. The topological polar surface area (TPSA) is 82.3 Å². The summed E-state index contributed by atoms with van der Waals surface area (Å²) in [7, 11) is 0. The SMILES string of the molecule is O=COc1ccc([N+](=O)[O-])cn1. The third-order valence-corrected chi connectivity index (χ3v) is 1.10. The molecule has 0 unspecified atom stereocenters. The Morgan fingerprint density at radius 1 is 1.58 bits per heavy atom. The van der Waals surface area contributed by atoms with Gasteiger partial charge in [0.1, 0.15) is 6.20 Å². The molecule has 1 aromatic rings. The smallest absolute Gasteiger partial charge is 0.299 e. The standard InChI is InChI=1S/C6H4N2O4/c9-4-12-6-2-1-5(3-7-6)8(10)11/h1-4H. The van der Waals surface area contributed by atoms with Crippen LogP contribution in [-0.2, 0) is 4.79 Å². The molecule has 0 aliphatic heterocycles. The Labute approximate surface area is 66.9 Å². The first-order valence-corrected chi connectivity index (χ1v) is 2.95. The van der Waals surface area contributed by atoms with Gasteiger partial charge >= 0.3 is 0 Å². The summed E-state index contributed by atoms with van der Waals surface area (Å²) in [6, 6.07) is 2.44. The van der Waals surface area contributed by atoms with Crippen LogP contribution in [0.3, 0.4) is 0 Å². The van der Waals surface area contributed by atoms with Gasteiger partial charge in [0.05, 0.1) is 4.92 Å². The highest BCUT2D eigenvalue weighted by Crippen LogP contribution is 2.12. The fourth-order valence-electron chi connectivity index (χ4n) is 0.599. The first-order chi connectivity index (χ1) is 5.74. The number of pyridine rings is 1. The lowest BCUT2D eigenvalue weighted by atomic mass is 10.4. The third kappa shape index (κ3) is 1.75. The molecule has 0 fully saturated rings. The number of nitrogens with zero attached hydrogens (tertiary/aromatic N) is 2. The van der Waals surface area contributed by atoms with Crippen LogP contribution in [0.4, 0.5) is 5.69 Å². The van der Waals surface area contributed by atoms with Crippen LogP contribution >= 0.6 is 0 Å². The Balaban J connectivity index is 2.85. The summed E-state index contributed by atoms with van der Waals surface area (Å²) in [5, 5.41) is 10.1. The molecule has 0 spiro atoms. The summed E-state index contributed by atoms with van der Waals surface area (Å²) in [6.45, 7) is 0.203. The van der Waals surface area contributed by atoms with E-state index in [1.54, 1.807) is 0 Å². The molecule has 6 heteroatoms. The fraction of sp³-hybridized carbons (Fsp3) is 0. The van der Waals surface area contributed by atoms with Gasteiger partial charge in [-0.25, -0.2) is 4.98 Å². The number of nitro groups is 1. The minimum Gasteiger partial charge on any atom is -0.410 e. The monoisotopic (exact) mass is 168 g/mol. The van der Waals surface area contributed by atoms with Crippen molar-refractivity contribution in [3.05, 3.63) is 28.4 Å². The minimum atomic E-state index is -0.586. The van der Waals surface area contributed by atoms with Crippen LogP contribution in [0.15, 0.2) is 18.3 Å². The van der Waals surface area contributed by atoms with Crippen molar-refractivity contribution in [1.29, 1.82) is 0 Å². The van der Waals surface area contributed by atoms with Crippen LogP contribution in [0.1, 0.15) is 0 Å². The molecule has 0 saturated carbocycles. The molecule has 1 rings (SSSR count). The van der Waals surface area contributed by atoms with Crippen molar-refractivity contribution < 1.29 is 14.5 Å². The van der Waals surface area contributed by atoms with Crippen LogP contribution in [0, 0.1) is 10.1 Å². The molecule has 0 amide bonds. The largest absolute Gasteiger partial charge is 0.410 e. The molecule has 0 aliphatic carbocycles. The summed E-state index contributed by atoms with van der Waals surface area (Å²) in [5.74, 6) is 0.0376. The van der Waals surface area contributed by atoms with Crippen molar-refractivity contribution in [3.8, 4) is 5.88 Å². The summed E-state index contributed by atoms with van der Waals surface area (Å²) in [6.07, 6.45) is 1.01. The number of carbonyl (C=O) groups is 1. The highest BCUT2D eigenvalue weighted by molar-refractivity contribution is 5.43. The molecule has 0 aromatic carbocycles. The van der Waals surface area contributed by atoms with Gasteiger partial charge in [0, 0.05) is 12.1 Å². The number of rotatable bonds is 3. The molecule has 12 heavy (non-hydrogen) atoms. The van der Waals surface area contributed by atoms with Crippen molar-refractivity contribution in [3.63, 3.8) is 0 Å². The summed E-state index contributed by atoms with van der Waals surface area (Å²) < 4.78 is 4.33. The molecule has 0 aliphatic rings. The molecule has 0 radical (unpaired) electrons. The number of carbonyl (C=O) groups excluding carboxylic acids is 1. The van der Waals surface area contributed by atoms with Gasteiger partial charge in [0.15, 0.2) is 0 Å². The van der Waals surface area contributed by atoms with Crippen molar-refractivity contribution in [1.82, 2.24) is 4.98 Å². The average molecular weight is 168 g/mol. The van der Waals surface area contributed by atoms with Crippen LogP contribution in [0.2, 0.25) is 0 Å². The molecular formula is C6H4N2O4. The van der Waals surface area contributed by atoms with Crippen molar-refractivity contribution in [2.24, 2.45) is 0 Å². The molecule has 0 atom stereocenters. The Kier molecular flexibility index (Phi) is 2.32. The van der Waals surface area contributed by atoms with Crippen molar-refractivity contribution in [2.75, 3.05) is 0 Å². The van der Waals surface area contributed by atoms with Crippen LogP contribution in [0.5, 0.6) is 5.88 Å². The lowest BCUT2D eigenvalue weighted by molar-refractivity contribution is -0.385. The maximum absolute atomic E-state index is 10.1. The highest BCUT2D eigenvalue weighted by Gasteiger charge is 2.04. The second-order valence-electron chi connectivity index (χ2n) is 1.83. The predicted molar refractivity (Wildman–Crippen MR) is 37.6 cm³/mol. The second kappa shape index (κ2) is 3.42. The lowest BCUT2D eigenvalue weighted by Crippen LogP contribution is -1.93. The van der Waals surface area contributed by atoms with E-state index < -0.39 is 4.92 Å². The van der Waals surface area contributed by atoms with E-state index in [9.17, 15) is 14.9 Å². The van der Waals surface area contributed by atoms with Gasteiger partial charge in [0.2, 0.25) is 5.88 Å². The maximum Gasteiger partial charge on any atom is 0.299 e. The second-order valence-corrected chi connectivity index (χ2v) is 1.83. The van der Waals surface area contributed by atoms with E-state index >= 15 is 0 Å². The molecule has 1 aromatic heterocycles. The Hall–Kier alpha value is -1.98. The van der Waals surface area contributed by atoms with E-state index in [1.165, 1.54) is 12.1 Å². The molecule has 62 valence electrons. The average Bonchev–Trinajstić information content (AvgIpc) is 2.06. The first kappa shape index (κ1) is 8.12. The van der Waals surface area contributed by atoms with Gasteiger partial charge in [-0.05, 0) is 0 Å². The van der Waals surface area contributed by atoms with E-state index in [2.05, 4.69) is 9.72 Å². The van der Waals surface area contributed by atoms with Crippen LogP contribution in [0.25, 0.3) is 0 Å². The summed E-state index contributed by atoms with van der Waals surface area (Å²) in [4.78, 5) is 22.8. The Bertz CT molecular complexity index is 295. The number of aromatic nitrogens is 1. The van der Waals surface area contributed by atoms with Gasteiger partial charge in [-0.1, -0.05) is 0 Å². The summed E-state index contributed by atoms with van der Waals surface area (Å²) in [5.41, 5.74) is -0.145. The van der Waals surface area contributed by atoms with Gasteiger partial charge in [-0.3, -0.25) is 14.9 Å². The zero-order valence-electron chi connectivity index (χ0n) is 5.84. The van der Waals surface area contributed by atoms with Crippen molar-refractivity contribution in [2.45, 2.75) is 0 Å². The summed E-state index contributed by atoms with van der Waals surface area (Å²) >= 11 is 0. The predicted octanol–water partition coefficient (Wildman–Crippen LogP) is 0.525. The lowest BCUT2D eigenvalue weighted by Gasteiger charge is -1.93. The molecular weight excluding hydrogens is 164 g/mol. The third-order valence-electron chi connectivity index (χ3n) is 1.10. The molecule has 0 N–H and O–H groups in total. The maximum atomic E-state index is 10.1. The van der Waals surface area contributed by atoms with Gasteiger partial charge in [-0.2, -0.15) is 0 Å². The first-order valence-electron chi connectivity index (χ1n) is 2.95. The number of ether oxygens (including phenoxy) is 1. The van der Waals surface area contributed by atoms with E-state index in [4.69, 9.17) is 0 Å². The van der Waals surface area contributed by atoms with Crippen LogP contribution < -0.4 is 4.74 Å². The highest BCUT2D eigenvalue weighted by atomic mass is 16.6. The normalized spacial score (nSPS) is 9.00. The number of hydrogen-bond donors (Lipinski definition) is 0. The van der Waals surface area contributed by atoms with Gasteiger partial charge < -0.3 is 4.74 Å². The van der Waals surface area contributed by atoms with Crippen LogP contribution in [-0.4, -0.2) is 16.4 Å². The fourth-order valence-corrected chi connectivity index (χ4v) is 0.599. The molecule has 1 heterocycles. The minimum absolute atomic E-state index is 0.0376. The quantitative estimate of drug-likeness (QED) is 0.373. The molecule has 6 nitrogen and oxygen atoms in total.